The van der Waals surface area contributed by atoms with E-state index in [1.807, 2.05) is 6.92 Å². The summed E-state index contributed by atoms with van der Waals surface area (Å²) in [6, 6.07) is 5.24. The summed E-state index contributed by atoms with van der Waals surface area (Å²) < 4.78 is 0. The molecule has 2 N–H and O–H groups in total. The summed E-state index contributed by atoms with van der Waals surface area (Å²) in [5.74, 6) is -0.250. The van der Waals surface area contributed by atoms with Gasteiger partial charge in [-0.3, -0.25) is 4.79 Å². The Labute approximate surface area is 117 Å². The number of likely N-dealkylation sites (tertiary alicyclic amines) is 1. The Morgan fingerprint density at radius 3 is 2.89 bits per heavy atom. The number of hydrogen-bond donors (Lipinski definition) is 2. The lowest BCUT2D eigenvalue weighted by Gasteiger charge is -2.35. The molecule has 5 heteroatoms. The average Bonchev–Trinajstić information content (AvgIpc) is 2.41. The van der Waals surface area contributed by atoms with Crippen molar-refractivity contribution < 1.29 is 15.0 Å². The molecule has 104 valence electrons. The molecular weight excluding hydrogens is 266 g/mol. The number of hydrogen-bond acceptors (Lipinski definition) is 3. The van der Waals surface area contributed by atoms with Gasteiger partial charge in [-0.15, -0.1) is 0 Å². The molecule has 0 spiro atoms. The van der Waals surface area contributed by atoms with Crippen LogP contribution in [0.4, 0.5) is 0 Å². The predicted molar refractivity (Wildman–Crippen MR) is 73.3 cm³/mol. The molecule has 1 aliphatic rings. The van der Waals surface area contributed by atoms with Crippen LogP contribution in [0.3, 0.4) is 0 Å². The number of benzene rings is 1. The quantitative estimate of drug-likeness (QED) is 0.864. The molecule has 2 rings (SSSR count). The fraction of sp³-hybridized carbons (Fsp3) is 0.500. The second-order valence-electron chi connectivity index (χ2n) is 4.96. The standard InChI is InChI=1S/C14H18ClNO3/c1-9-11(3-2-4-12(9)15)14(19)16-6-5-10(8-17)13(18)7-16/h2-4,10,13,17-18H,5-8H2,1H3. The highest BCUT2D eigenvalue weighted by Gasteiger charge is 2.30. The molecule has 1 saturated heterocycles. The van der Waals surface area contributed by atoms with Crippen molar-refractivity contribution in [3.63, 3.8) is 0 Å². The SMILES string of the molecule is Cc1c(Cl)cccc1C(=O)N1CCC(CO)C(O)C1. The number of nitrogens with zero attached hydrogens (tertiary/aromatic N) is 1. The Kier molecular flexibility index (Phi) is 4.45. The molecule has 1 aliphatic heterocycles. The Balaban J connectivity index is 2.15. The first kappa shape index (κ1) is 14.3. The van der Waals surface area contributed by atoms with Crippen molar-refractivity contribution >= 4 is 17.5 Å². The molecule has 0 radical (unpaired) electrons. The first-order valence-electron chi connectivity index (χ1n) is 6.38. The van der Waals surface area contributed by atoms with Crippen LogP contribution in [-0.2, 0) is 0 Å². The van der Waals surface area contributed by atoms with E-state index in [-0.39, 0.29) is 25.0 Å². The van der Waals surface area contributed by atoms with Gasteiger partial charge in [0.1, 0.15) is 0 Å². The number of β-amino-alcohol motifs (C(OH)–C–C–N with tert-alkyl or cyclic N) is 1. The van der Waals surface area contributed by atoms with Gasteiger partial charge < -0.3 is 15.1 Å². The largest absolute Gasteiger partial charge is 0.396 e. The second kappa shape index (κ2) is 5.90. The number of amides is 1. The molecule has 2 atom stereocenters. The Bertz CT molecular complexity index is 478. The fourth-order valence-corrected chi connectivity index (χ4v) is 2.56. The summed E-state index contributed by atoms with van der Waals surface area (Å²) in [4.78, 5) is 14.0. The van der Waals surface area contributed by atoms with Crippen LogP contribution in [0.2, 0.25) is 5.02 Å². The van der Waals surface area contributed by atoms with Crippen LogP contribution in [0.1, 0.15) is 22.3 Å². The molecule has 1 aromatic rings. The minimum Gasteiger partial charge on any atom is -0.396 e. The molecule has 0 aromatic heterocycles. The number of piperidine rings is 1. The third kappa shape index (κ3) is 2.91. The van der Waals surface area contributed by atoms with E-state index >= 15 is 0 Å². The summed E-state index contributed by atoms with van der Waals surface area (Å²) in [5.41, 5.74) is 1.33. The fourth-order valence-electron chi connectivity index (χ4n) is 2.39. The number of aliphatic hydroxyl groups excluding tert-OH is 2. The highest BCUT2D eigenvalue weighted by molar-refractivity contribution is 6.31. The molecule has 2 unspecified atom stereocenters. The molecule has 1 amide bonds. The van der Waals surface area contributed by atoms with Crippen LogP contribution in [0.15, 0.2) is 18.2 Å². The van der Waals surface area contributed by atoms with Gasteiger partial charge in [0.2, 0.25) is 0 Å². The maximum atomic E-state index is 12.4. The third-order valence-corrected chi connectivity index (χ3v) is 4.15. The summed E-state index contributed by atoms with van der Waals surface area (Å²) in [6.45, 7) is 2.58. The van der Waals surface area contributed by atoms with Crippen molar-refractivity contribution in [2.45, 2.75) is 19.4 Å². The molecule has 19 heavy (non-hydrogen) atoms. The van der Waals surface area contributed by atoms with Crippen LogP contribution in [0.25, 0.3) is 0 Å². The normalized spacial score (nSPS) is 23.5. The lowest BCUT2D eigenvalue weighted by Crippen LogP contribution is -2.47. The van der Waals surface area contributed by atoms with Crippen LogP contribution in [0.5, 0.6) is 0 Å². The summed E-state index contributed by atoms with van der Waals surface area (Å²) in [5, 5.41) is 19.5. The van der Waals surface area contributed by atoms with E-state index in [0.717, 1.165) is 5.56 Å². The highest BCUT2D eigenvalue weighted by atomic mass is 35.5. The smallest absolute Gasteiger partial charge is 0.254 e. The molecule has 1 heterocycles. The van der Waals surface area contributed by atoms with E-state index in [1.165, 1.54) is 0 Å². The van der Waals surface area contributed by atoms with Crippen molar-refractivity contribution in [3.05, 3.63) is 34.3 Å². The van der Waals surface area contributed by atoms with E-state index < -0.39 is 6.10 Å². The van der Waals surface area contributed by atoms with Crippen LogP contribution in [0, 0.1) is 12.8 Å². The maximum Gasteiger partial charge on any atom is 0.254 e. The van der Waals surface area contributed by atoms with Gasteiger partial charge in [-0.05, 0) is 31.0 Å². The first-order valence-corrected chi connectivity index (χ1v) is 6.75. The maximum absolute atomic E-state index is 12.4. The van der Waals surface area contributed by atoms with Crippen molar-refractivity contribution in [1.29, 1.82) is 0 Å². The molecule has 0 saturated carbocycles. The third-order valence-electron chi connectivity index (χ3n) is 3.74. The number of carbonyl (C=O) groups excluding carboxylic acids is 1. The van der Waals surface area contributed by atoms with Gasteiger partial charge in [0.15, 0.2) is 0 Å². The second-order valence-corrected chi connectivity index (χ2v) is 5.37. The van der Waals surface area contributed by atoms with E-state index in [1.54, 1.807) is 23.1 Å². The van der Waals surface area contributed by atoms with Crippen molar-refractivity contribution in [2.75, 3.05) is 19.7 Å². The Hall–Kier alpha value is -1.10. The predicted octanol–water partition coefficient (Wildman–Crippen LogP) is 1.46. The zero-order chi connectivity index (χ0) is 14.0. The van der Waals surface area contributed by atoms with Crippen LogP contribution >= 0.6 is 11.6 Å². The molecule has 0 aliphatic carbocycles. The molecule has 0 bridgehead atoms. The number of rotatable bonds is 2. The Morgan fingerprint density at radius 1 is 1.53 bits per heavy atom. The summed E-state index contributed by atoms with van der Waals surface area (Å²) >= 11 is 6.02. The highest BCUT2D eigenvalue weighted by Crippen LogP contribution is 2.23. The minimum atomic E-state index is -0.665. The van der Waals surface area contributed by atoms with Crippen LogP contribution < -0.4 is 0 Å². The van der Waals surface area contributed by atoms with Gasteiger partial charge in [-0.2, -0.15) is 0 Å². The minimum absolute atomic E-state index is 0.0423. The topological polar surface area (TPSA) is 60.8 Å². The summed E-state index contributed by atoms with van der Waals surface area (Å²) in [7, 11) is 0. The summed E-state index contributed by atoms with van der Waals surface area (Å²) in [6.07, 6.45) is -0.0505. The molecular formula is C14H18ClNO3. The van der Waals surface area contributed by atoms with Crippen molar-refractivity contribution in [1.82, 2.24) is 4.90 Å². The number of aliphatic hydroxyl groups is 2. The lowest BCUT2D eigenvalue weighted by molar-refractivity contribution is 0.000846. The zero-order valence-corrected chi connectivity index (χ0v) is 11.6. The number of carbonyl (C=O) groups is 1. The molecule has 4 nitrogen and oxygen atoms in total. The van der Waals surface area contributed by atoms with Crippen molar-refractivity contribution in [2.24, 2.45) is 5.92 Å². The lowest BCUT2D eigenvalue weighted by atomic mass is 9.94. The van der Waals surface area contributed by atoms with Gasteiger partial charge in [0.05, 0.1) is 6.10 Å². The van der Waals surface area contributed by atoms with Gasteiger partial charge in [0, 0.05) is 36.2 Å². The Morgan fingerprint density at radius 2 is 2.26 bits per heavy atom. The van der Waals surface area contributed by atoms with Gasteiger partial charge in [-0.25, -0.2) is 0 Å². The zero-order valence-electron chi connectivity index (χ0n) is 10.8. The van der Waals surface area contributed by atoms with Crippen molar-refractivity contribution in [3.8, 4) is 0 Å². The number of halogens is 1. The van der Waals surface area contributed by atoms with Gasteiger partial charge in [0.25, 0.3) is 5.91 Å². The molecule has 1 aromatic carbocycles. The van der Waals surface area contributed by atoms with E-state index in [2.05, 4.69) is 0 Å². The monoisotopic (exact) mass is 283 g/mol. The first-order chi connectivity index (χ1) is 9.04. The van der Waals surface area contributed by atoms with Gasteiger partial charge >= 0.3 is 0 Å². The average molecular weight is 284 g/mol. The van der Waals surface area contributed by atoms with Crippen LogP contribution in [-0.4, -0.2) is 46.8 Å². The molecule has 1 fully saturated rings. The van der Waals surface area contributed by atoms with E-state index in [9.17, 15) is 9.90 Å². The van der Waals surface area contributed by atoms with Gasteiger partial charge in [-0.1, -0.05) is 17.7 Å². The van der Waals surface area contributed by atoms with E-state index in [0.29, 0.717) is 23.6 Å². The van der Waals surface area contributed by atoms with E-state index in [4.69, 9.17) is 16.7 Å².